The molecule has 0 radical (unpaired) electrons. The maximum absolute atomic E-state index is 12.2. The molecule has 11 heteroatoms. The average molecular weight is 430 g/mol. The quantitative estimate of drug-likeness (QED) is 0.587. The molecule has 1 fully saturated rings. The summed E-state index contributed by atoms with van der Waals surface area (Å²) in [6, 6.07) is 6.23. The Balaban J connectivity index is 0.000000479. The summed E-state index contributed by atoms with van der Waals surface area (Å²) in [5, 5.41) is 18.9. The van der Waals surface area contributed by atoms with E-state index in [1.165, 1.54) is 12.1 Å². The van der Waals surface area contributed by atoms with Gasteiger partial charge in [0.1, 0.15) is 12.4 Å². The van der Waals surface area contributed by atoms with Gasteiger partial charge < -0.3 is 29.9 Å². The van der Waals surface area contributed by atoms with Gasteiger partial charge in [-0.15, -0.1) is 0 Å². The molecular formula is C19H24F2N2O7. The number of piperazine rings is 1. The maximum atomic E-state index is 12.2. The highest BCUT2D eigenvalue weighted by Gasteiger charge is 2.29. The second-order valence-corrected chi connectivity index (χ2v) is 6.35. The number of nitrogens with zero attached hydrogens (tertiary/aromatic N) is 1. The third kappa shape index (κ3) is 9.32. The van der Waals surface area contributed by atoms with Gasteiger partial charge in [0.05, 0.1) is 0 Å². The Labute approximate surface area is 171 Å². The smallest absolute Gasteiger partial charge is 0.410 e. The summed E-state index contributed by atoms with van der Waals surface area (Å²) in [7, 11) is 0. The number of carbonyl (C=O) groups excluding carboxylic acids is 1. The molecule has 166 valence electrons. The van der Waals surface area contributed by atoms with E-state index in [0.717, 1.165) is 13.1 Å². The van der Waals surface area contributed by atoms with Crippen LogP contribution >= 0.6 is 0 Å². The van der Waals surface area contributed by atoms with E-state index >= 15 is 0 Å². The van der Waals surface area contributed by atoms with Crippen LogP contribution in [0.3, 0.4) is 0 Å². The van der Waals surface area contributed by atoms with Gasteiger partial charge in [-0.1, -0.05) is 12.1 Å². The number of halogens is 2. The number of amides is 1. The summed E-state index contributed by atoms with van der Waals surface area (Å²) >= 11 is 0. The molecule has 0 aliphatic carbocycles. The van der Waals surface area contributed by atoms with Gasteiger partial charge in [-0.25, -0.2) is 14.4 Å². The summed E-state index contributed by atoms with van der Waals surface area (Å²) in [5.41, 5.74) is 0.599. The minimum absolute atomic E-state index is 0.0165. The van der Waals surface area contributed by atoms with Gasteiger partial charge in [0.25, 0.3) is 0 Å². The highest BCUT2D eigenvalue weighted by atomic mass is 19.3. The third-order valence-electron chi connectivity index (χ3n) is 3.89. The summed E-state index contributed by atoms with van der Waals surface area (Å²) in [5.74, 6) is -2.47. The molecule has 0 aromatic heterocycles. The molecule has 0 spiro atoms. The van der Waals surface area contributed by atoms with Crippen molar-refractivity contribution in [3.63, 3.8) is 0 Å². The van der Waals surface area contributed by atoms with E-state index in [0.29, 0.717) is 17.7 Å². The first-order valence-corrected chi connectivity index (χ1v) is 8.93. The van der Waals surface area contributed by atoms with Crippen LogP contribution in [0.5, 0.6) is 5.75 Å². The Bertz CT molecular complexity index is 732. The Kier molecular flexibility index (Phi) is 10.2. The van der Waals surface area contributed by atoms with Gasteiger partial charge >= 0.3 is 24.6 Å². The van der Waals surface area contributed by atoms with Crippen LogP contribution in [-0.2, 0) is 20.9 Å². The van der Waals surface area contributed by atoms with Crippen molar-refractivity contribution < 1.29 is 42.9 Å². The molecule has 1 saturated heterocycles. The molecule has 1 aliphatic heterocycles. The molecule has 9 nitrogen and oxygen atoms in total. The van der Waals surface area contributed by atoms with Crippen molar-refractivity contribution in [2.75, 3.05) is 13.1 Å². The van der Waals surface area contributed by atoms with Crippen molar-refractivity contribution >= 4 is 18.0 Å². The number of hydrogen-bond donors (Lipinski definition) is 3. The second-order valence-electron chi connectivity index (χ2n) is 6.35. The number of alkyl halides is 2. The van der Waals surface area contributed by atoms with Crippen molar-refractivity contribution in [1.29, 1.82) is 0 Å². The first-order valence-electron chi connectivity index (χ1n) is 8.93. The van der Waals surface area contributed by atoms with Gasteiger partial charge in [-0.3, -0.25) is 0 Å². The number of rotatable bonds is 6. The fourth-order valence-corrected chi connectivity index (χ4v) is 2.67. The number of benzene rings is 1. The molecule has 0 saturated carbocycles. The number of carboxylic acid groups (broad SMARTS) is 2. The average Bonchev–Trinajstić information content (AvgIpc) is 2.65. The zero-order valence-electron chi connectivity index (χ0n) is 16.5. The van der Waals surface area contributed by atoms with E-state index in [1.54, 1.807) is 17.0 Å². The third-order valence-corrected chi connectivity index (χ3v) is 3.89. The highest BCUT2D eigenvalue weighted by molar-refractivity contribution is 5.89. The predicted molar refractivity (Wildman–Crippen MR) is 101 cm³/mol. The molecule has 1 heterocycles. The molecule has 30 heavy (non-hydrogen) atoms. The molecule has 1 aliphatic rings. The van der Waals surface area contributed by atoms with E-state index in [1.807, 2.05) is 13.8 Å². The van der Waals surface area contributed by atoms with Gasteiger partial charge in [0.15, 0.2) is 0 Å². The number of hydrogen-bond acceptors (Lipinski definition) is 6. The van der Waals surface area contributed by atoms with Crippen LogP contribution in [-0.4, -0.2) is 64.9 Å². The number of carbonyl (C=O) groups is 3. The number of ether oxygens (including phenoxy) is 2. The first-order chi connectivity index (χ1) is 14.1. The molecule has 2 unspecified atom stereocenters. The molecule has 1 amide bonds. The van der Waals surface area contributed by atoms with Crippen LogP contribution in [0.15, 0.2) is 36.4 Å². The molecular weight excluding hydrogens is 406 g/mol. The standard InChI is InChI=1S/C15H20F2N2O3.C4H4O4/c1-10-7-18-8-11(2)19(10)15(20)21-9-12-4-3-5-13(6-12)22-14(16)17;5-3(6)1-2-4(7)8/h3-6,10-11,14,18H,7-9H2,1-2H3;1-2H,(H,5,6)(H,7,8). The van der Waals surface area contributed by atoms with Gasteiger partial charge in [0, 0.05) is 37.3 Å². The molecule has 1 aromatic rings. The van der Waals surface area contributed by atoms with E-state index in [-0.39, 0.29) is 24.4 Å². The van der Waals surface area contributed by atoms with E-state index < -0.39 is 24.6 Å². The fourth-order valence-electron chi connectivity index (χ4n) is 2.67. The molecule has 2 atom stereocenters. The van der Waals surface area contributed by atoms with Crippen molar-refractivity contribution in [3.05, 3.63) is 42.0 Å². The van der Waals surface area contributed by atoms with Gasteiger partial charge in [0.2, 0.25) is 0 Å². The van der Waals surface area contributed by atoms with Crippen LogP contribution < -0.4 is 10.1 Å². The fraction of sp³-hybridized carbons (Fsp3) is 0.421. The molecule has 3 N–H and O–H groups in total. The molecule has 1 aromatic carbocycles. The van der Waals surface area contributed by atoms with Crippen molar-refractivity contribution in [2.45, 2.75) is 39.1 Å². The van der Waals surface area contributed by atoms with E-state index in [9.17, 15) is 23.2 Å². The summed E-state index contributed by atoms with van der Waals surface area (Å²) < 4.78 is 34.0. The Morgan fingerprint density at radius 3 is 2.23 bits per heavy atom. The summed E-state index contributed by atoms with van der Waals surface area (Å²) in [6.07, 6.45) is 0.715. The lowest BCUT2D eigenvalue weighted by atomic mass is 10.1. The summed E-state index contributed by atoms with van der Waals surface area (Å²) in [6.45, 7) is 2.47. The lowest BCUT2D eigenvalue weighted by Crippen LogP contribution is -2.57. The van der Waals surface area contributed by atoms with Gasteiger partial charge in [-0.05, 0) is 31.5 Å². The Morgan fingerprint density at radius 2 is 1.73 bits per heavy atom. The SMILES string of the molecule is CC1CNCC(C)N1C(=O)OCc1cccc(OC(F)F)c1.O=C(O)C=CC(=O)O. The second kappa shape index (κ2) is 12.4. The molecule has 2 rings (SSSR count). The normalized spacial score (nSPS) is 18.5. The zero-order valence-corrected chi connectivity index (χ0v) is 16.5. The summed E-state index contributed by atoms with van der Waals surface area (Å²) in [4.78, 5) is 33.0. The topological polar surface area (TPSA) is 125 Å². The van der Waals surface area contributed by atoms with Crippen LogP contribution in [0.4, 0.5) is 13.6 Å². The monoisotopic (exact) mass is 430 g/mol. The largest absolute Gasteiger partial charge is 0.478 e. The zero-order chi connectivity index (χ0) is 22.7. The lowest BCUT2D eigenvalue weighted by Gasteiger charge is -2.38. The first kappa shape index (κ1) is 24.8. The van der Waals surface area contributed by atoms with Crippen LogP contribution in [0.1, 0.15) is 19.4 Å². The van der Waals surface area contributed by atoms with Crippen LogP contribution in [0.2, 0.25) is 0 Å². The van der Waals surface area contributed by atoms with Crippen molar-refractivity contribution in [2.24, 2.45) is 0 Å². The molecule has 0 bridgehead atoms. The van der Waals surface area contributed by atoms with E-state index in [4.69, 9.17) is 14.9 Å². The van der Waals surface area contributed by atoms with Crippen molar-refractivity contribution in [1.82, 2.24) is 10.2 Å². The minimum Gasteiger partial charge on any atom is -0.478 e. The number of carboxylic acids is 2. The Morgan fingerprint density at radius 1 is 1.17 bits per heavy atom. The number of aliphatic carboxylic acids is 2. The van der Waals surface area contributed by atoms with Crippen LogP contribution in [0.25, 0.3) is 0 Å². The Hall–Kier alpha value is -3.21. The number of nitrogens with one attached hydrogen (secondary N) is 1. The highest BCUT2D eigenvalue weighted by Crippen LogP contribution is 2.18. The predicted octanol–water partition coefficient (Wildman–Crippen LogP) is 2.32. The van der Waals surface area contributed by atoms with Gasteiger partial charge in [-0.2, -0.15) is 8.78 Å². The van der Waals surface area contributed by atoms with Crippen molar-refractivity contribution in [3.8, 4) is 5.75 Å². The lowest BCUT2D eigenvalue weighted by molar-refractivity contribution is -0.134. The minimum atomic E-state index is -2.87. The maximum Gasteiger partial charge on any atom is 0.410 e. The van der Waals surface area contributed by atoms with E-state index in [2.05, 4.69) is 10.1 Å². The van der Waals surface area contributed by atoms with Crippen LogP contribution in [0, 0.1) is 0 Å².